The van der Waals surface area contributed by atoms with Gasteiger partial charge in [0, 0.05) is 13.1 Å². The Kier molecular flexibility index (Phi) is 6.03. The molecule has 1 aliphatic heterocycles. The quantitative estimate of drug-likeness (QED) is 0.809. The van der Waals surface area contributed by atoms with E-state index in [4.69, 9.17) is 9.84 Å². The third kappa shape index (κ3) is 4.70. The Morgan fingerprint density at radius 3 is 2.38 bits per heavy atom. The van der Waals surface area contributed by atoms with Crippen molar-refractivity contribution in [3.05, 3.63) is 0 Å². The molecule has 0 bridgehead atoms. The predicted molar refractivity (Wildman–Crippen MR) is 79.0 cm³/mol. The van der Waals surface area contributed by atoms with Crippen LogP contribution >= 0.6 is 0 Å². The molecule has 2 fully saturated rings. The molecule has 5 heteroatoms. The number of ether oxygens (including phenoxy) is 1. The molecule has 0 spiro atoms. The maximum Gasteiger partial charge on any atom is 0.308 e. The third-order valence-corrected chi connectivity index (χ3v) is 4.63. The highest BCUT2D eigenvalue weighted by atomic mass is 16.5. The minimum absolute atomic E-state index is 0.0507. The molecule has 1 N–H and O–H groups in total. The Bertz CT molecular complexity index is 363. The fourth-order valence-electron chi connectivity index (χ4n) is 3.36. The van der Waals surface area contributed by atoms with Crippen LogP contribution in [0, 0.1) is 5.92 Å². The number of carbonyl (C=O) groups is 2. The van der Waals surface area contributed by atoms with Crippen LogP contribution in [0.2, 0.25) is 0 Å². The monoisotopic (exact) mass is 297 g/mol. The van der Waals surface area contributed by atoms with E-state index in [1.165, 1.54) is 25.7 Å². The molecule has 0 unspecified atom stereocenters. The van der Waals surface area contributed by atoms with Crippen molar-refractivity contribution in [2.24, 2.45) is 5.92 Å². The number of amides is 1. The second-order valence-electron chi connectivity index (χ2n) is 6.35. The van der Waals surface area contributed by atoms with Crippen LogP contribution in [0.15, 0.2) is 0 Å². The van der Waals surface area contributed by atoms with Crippen molar-refractivity contribution in [3.8, 4) is 0 Å². The summed E-state index contributed by atoms with van der Waals surface area (Å²) in [5, 5.41) is 9.10. The maximum absolute atomic E-state index is 12.4. The molecule has 21 heavy (non-hydrogen) atoms. The van der Waals surface area contributed by atoms with Crippen LogP contribution < -0.4 is 0 Å². The number of likely N-dealkylation sites (tertiary alicyclic amines) is 1. The summed E-state index contributed by atoms with van der Waals surface area (Å²) in [6.07, 6.45) is 8.10. The second-order valence-corrected chi connectivity index (χ2v) is 6.35. The van der Waals surface area contributed by atoms with E-state index >= 15 is 0 Å². The summed E-state index contributed by atoms with van der Waals surface area (Å²) < 4.78 is 5.94. The highest BCUT2D eigenvalue weighted by Crippen LogP contribution is 2.22. The van der Waals surface area contributed by atoms with Crippen molar-refractivity contribution in [2.75, 3.05) is 13.1 Å². The minimum atomic E-state index is -0.801. The molecule has 0 aromatic rings. The van der Waals surface area contributed by atoms with Crippen LogP contribution in [0.1, 0.15) is 58.3 Å². The van der Waals surface area contributed by atoms with Crippen LogP contribution in [-0.2, 0) is 14.3 Å². The SMILES string of the molecule is C[C@@H](OC1CCCCCC1)C(=O)N1CCC[C@H](C(=O)O)C1. The number of hydrogen-bond donors (Lipinski definition) is 1. The zero-order valence-electron chi connectivity index (χ0n) is 12.9. The summed E-state index contributed by atoms with van der Waals surface area (Å²) in [6.45, 7) is 2.78. The summed E-state index contributed by atoms with van der Waals surface area (Å²) in [6, 6.07) is 0. The summed E-state index contributed by atoms with van der Waals surface area (Å²) in [4.78, 5) is 25.2. The number of rotatable bonds is 4. The fraction of sp³-hybridized carbons (Fsp3) is 0.875. The normalized spacial score (nSPS) is 26.1. The van der Waals surface area contributed by atoms with Crippen molar-refractivity contribution >= 4 is 11.9 Å². The first kappa shape index (κ1) is 16.3. The lowest BCUT2D eigenvalue weighted by atomic mass is 9.98. The fourth-order valence-corrected chi connectivity index (χ4v) is 3.36. The molecule has 0 aromatic heterocycles. The molecule has 5 nitrogen and oxygen atoms in total. The molecular formula is C16H27NO4. The van der Waals surface area contributed by atoms with Gasteiger partial charge in [-0.15, -0.1) is 0 Å². The van der Waals surface area contributed by atoms with Crippen molar-refractivity contribution in [1.82, 2.24) is 4.90 Å². The van der Waals surface area contributed by atoms with Gasteiger partial charge in [-0.25, -0.2) is 0 Å². The molecule has 120 valence electrons. The van der Waals surface area contributed by atoms with Gasteiger partial charge in [0.25, 0.3) is 5.91 Å². The van der Waals surface area contributed by atoms with Gasteiger partial charge in [0.05, 0.1) is 12.0 Å². The van der Waals surface area contributed by atoms with Crippen molar-refractivity contribution in [1.29, 1.82) is 0 Å². The topological polar surface area (TPSA) is 66.8 Å². The van der Waals surface area contributed by atoms with Crippen LogP contribution in [0.25, 0.3) is 0 Å². The van der Waals surface area contributed by atoms with Gasteiger partial charge < -0.3 is 14.7 Å². The van der Waals surface area contributed by atoms with E-state index in [0.717, 1.165) is 19.3 Å². The van der Waals surface area contributed by atoms with Gasteiger partial charge in [0.1, 0.15) is 6.10 Å². The Hall–Kier alpha value is -1.10. The van der Waals surface area contributed by atoms with E-state index in [0.29, 0.717) is 19.5 Å². The molecule has 0 radical (unpaired) electrons. The highest BCUT2D eigenvalue weighted by molar-refractivity contribution is 5.81. The van der Waals surface area contributed by atoms with Crippen LogP contribution in [0.3, 0.4) is 0 Å². The molecule has 1 aliphatic carbocycles. The zero-order chi connectivity index (χ0) is 15.2. The van der Waals surface area contributed by atoms with Gasteiger partial charge >= 0.3 is 5.97 Å². The Balaban J connectivity index is 1.84. The van der Waals surface area contributed by atoms with Gasteiger partial charge in [-0.1, -0.05) is 25.7 Å². The highest BCUT2D eigenvalue weighted by Gasteiger charge is 2.31. The predicted octanol–water partition coefficient (Wildman–Crippen LogP) is 2.44. The first-order chi connectivity index (χ1) is 10.1. The summed E-state index contributed by atoms with van der Waals surface area (Å²) in [5.74, 6) is -1.28. The van der Waals surface area contributed by atoms with Crippen molar-refractivity contribution < 1.29 is 19.4 Å². The average molecular weight is 297 g/mol. The van der Waals surface area contributed by atoms with Crippen LogP contribution in [0.4, 0.5) is 0 Å². The Morgan fingerprint density at radius 2 is 1.76 bits per heavy atom. The lowest BCUT2D eigenvalue weighted by Gasteiger charge is -2.33. The molecule has 0 aromatic carbocycles. The number of carbonyl (C=O) groups excluding carboxylic acids is 1. The molecule has 1 saturated carbocycles. The number of hydrogen-bond acceptors (Lipinski definition) is 3. The molecule has 2 aliphatic rings. The summed E-state index contributed by atoms with van der Waals surface area (Å²) in [5.41, 5.74) is 0. The van der Waals surface area contributed by atoms with Gasteiger partial charge in [-0.05, 0) is 32.6 Å². The smallest absolute Gasteiger partial charge is 0.308 e. The van der Waals surface area contributed by atoms with Crippen LogP contribution in [0.5, 0.6) is 0 Å². The molecule has 2 atom stereocenters. The summed E-state index contributed by atoms with van der Waals surface area (Å²) in [7, 11) is 0. The Morgan fingerprint density at radius 1 is 1.10 bits per heavy atom. The van der Waals surface area contributed by atoms with E-state index in [1.54, 1.807) is 11.8 Å². The third-order valence-electron chi connectivity index (χ3n) is 4.63. The van der Waals surface area contributed by atoms with E-state index in [2.05, 4.69) is 0 Å². The lowest BCUT2D eigenvalue weighted by molar-refractivity contribution is -0.152. The number of carboxylic acids is 1. The number of nitrogens with zero attached hydrogens (tertiary/aromatic N) is 1. The van der Waals surface area contributed by atoms with Crippen LogP contribution in [-0.4, -0.2) is 47.2 Å². The average Bonchev–Trinajstić information content (AvgIpc) is 2.75. The van der Waals surface area contributed by atoms with Gasteiger partial charge in [0.15, 0.2) is 0 Å². The first-order valence-electron chi connectivity index (χ1n) is 8.25. The van der Waals surface area contributed by atoms with E-state index in [-0.39, 0.29) is 12.0 Å². The number of aliphatic carboxylic acids is 1. The maximum atomic E-state index is 12.4. The molecular weight excluding hydrogens is 270 g/mol. The van der Waals surface area contributed by atoms with Crippen molar-refractivity contribution in [3.63, 3.8) is 0 Å². The van der Waals surface area contributed by atoms with E-state index in [9.17, 15) is 9.59 Å². The van der Waals surface area contributed by atoms with E-state index < -0.39 is 18.0 Å². The first-order valence-corrected chi connectivity index (χ1v) is 8.25. The lowest BCUT2D eigenvalue weighted by Crippen LogP contribution is -2.47. The molecule has 2 rings (SSSR count). The number of piperidine rings is 1. The van der Waals surface area contributed by atoms with Crippen molar-refractivity contribution in [2.45, 2.75) is 70.5 Å². The van der Waals surface area contributed by atoms with Gasteiger partial charge in [-0.3, -0.25) is 9.59 Å². The standard InChI is InChI=1S/C16H27NO4/c1-12(21-14-8-4-2-3-5-9-14)15(18)17-10-6-7-13(11-17)16(19)20/h12-14H,2-11H2,1H3,(H,19,20)/t12-,13+/m1/s1. The van der Waals surface area contributed by atoms with Gasteiger partial charge in [-0.2, -0.15) is 0 Å². The number of carboxylic acid groups (broad SMARTS) is 1. The van der Waals surface area contributed by atoms with E-state index in [1.807, 2.05) is 0 Å². The summed E-state index contributed by atoms with van der Waals surface area (Å²) >= 11 is 0. The minimum Gasteiger partial charge on any atom is -0.481 e. The molecule has 1 amide bonds. The van der Waals surface area contributed by atoms with Gasteiger partial charge in [0.2, 0.25) is 0 Å². The Labute approximate surface area is 126 Å². The second kappa shape index (κ2) is 7.78. The zero-order valence-corrected chi connectivity index (χ0v) is 12.9. The largest absolute Gasteiger partial charge is 0.481 e. The molecule has 1 saturated heterocycles. The molecule has 1 heterocycles.